The van der Waals surface area contributed by atoms with Gasteiger partial charge in [-0.05, 0) is 52.4 Å². The number of aromatic nitrogens is 3. The molecule has 4 heteroatoms. The summed E-state index contributed by atoms with van der Waals surface area (Å²) in [5.41, 5.74) is 7.77. The van der Waals surface area contributed by atoms with Crippen LogP contribution in [-0.2, 0) is 18.4 Å². The Morgan fingerprint density at radius 1 is 0.893 bits per heavy atom. The number of imidazole rings is 1. The Morgan fingerprint density at radius 3 is 2.68 bits per heavy atom. The molecule has 5 aromatic rings. The molecule has 138 valence electrons. The quantitative estimate of drug-likeness (QED) is 0.431. The molecule has 4 nitrogen and oxygen atoms in total. The maximum atomic E-state index is 5.26. The van der Waals surface area contributed by atoms with E-state index >= 15 is 0 Å². The van der Waals surface area contributed by atoms with Crippen molar-refractivity contribution >= 4 is 16.6 Å². The zero-order chi connectivity index (χ0) is 19.1. The molecule has 28 heavy (non-hydrogen) atoms. The molecular formula is C24H21N3O. The number of rotatable bonds is 4. The average molecular weight is 367 g/mol. The van der Waals surface area contributed by atoms with Crippen molar-refractivity contribution in [2.45, 2.75) is 6.61 Å². The number of hydrogen-bond acceptors (Lipinski definition) is 2. The fraction of sp³-hybridized carbons (Fsp3) is 0.125. The highest BCUT2D eigenvalue weighted by Gasteiger charge is 2.08. The smallest absolute Gasteiger partial charge is 0.137 e. The second kappa shape index (κ2) is 6.66. The van der Waals surface area contributed by atoms with Crippen molar-refractivity contribution in [2.75, 3.05) is 7.11 Å². The Morgan fingerprint density at radius 2 is 1.79 bits per heavy atom. The molecule has 0 aliphatic heterocycles. The van der Waals surface area contributed by atoms with Crippen molar-refractivity contribution < 1.29 is 4.74 Å². The molecule has 0 spiro atoms. The molecule has 2 aromatic carbocycles. The van der Waals surface area contributed by atoms with E-state index in [0.717, 1.165) is 22.5 Å². The summed E-state index contributed by atoms with van der Waals surface area (Å²) in [4.78, 5) is 4.82. The number of fused-ring (bicyclic) bond motifs is 2. The van der Waals surface area contributed by atoms with Gasteiger partial charge in [0.2, 0.25) is 0 Å². The summed E-state index contributed by atoms with van der Waals surface area (Å²) in [6.07, 6.45) is 6.32. The molecule has 3 heterocycles. The number of methoxy groups -OCH3 is 1. The van der Waals surface area contributed by atoms with Gasteiger partial charge in [0.15, 0.2) is 0 Å². The maximum absolute atomic E-state index is 5.26. The van der Waals surface area contributed by atoms with Gasteiger partial charge >= 0.3 is 0 Å². The molecule has 0 unspecified atom stereocenters. The van der Waals surface area contributed by atoms with E-state index in [1.165, 1.54) is 22.0 Å². The normalized spacial score (nSPS) is 11.5. The van der Waals surface area contributed by atoms with Gasteiger partial charge in [0.25, 0.3) is 0 Å². The first kappa shape index (κ1) is 16.8. The van der Waals surface area contributed by atoms with Gasteiger partial charge in [-0.15, -0.1) is 0 Å². The first-order chi connectivity index (χ1) is 13.7. The fourth-order valence-corrected chi connectivity index (χ4v) is 3.73. The van der Waals surface area contributed by atoms with Crippen LogP contribution in [0.15, 0.2) is 79.3 Å². The van der Waals surface area contributed by atoms with Gasteiger partial charge in [0, 0.05) is 43.8 Å². The third-order valence-electron chi connectivity index (χ3n) is 5.21. The molecular weight excluding hydrogens is 346 g/mol. The number of hydrogen-bond donors (Lipinski definition) is 0. The summed E-state index contributed by atoms with van der Waals surface area (Å²) in [5, 5.41) is 1.24. The highest BCUT2D eigenvalue weighted by Crippen LogP contribution is 2.26. The molecule has 0 aliphatic rings. The molecule has 0 N–H and O–H groups in total. The average Bonchev–Trinajstić information content (AvgIpc) is 3.31. The second-order valence-corrected chi connectivity index (χ2v) is 7.14. The molecule has 5 rings (SSSR count). The van der Waals surface area contributed by atoms with Crippen LogP contribution in [0.3, 0.4) is 0 Å². The Kier molecular flexibility index (Phi) is 3.99. The summed E-state index contributed by atoms with van der Waals surface area (Å²) >= 11 is 0. The fourth-order valence-electron chi connectivity index (χ4n) is 3.73. The Balaban J connectivity index is 1.56. The first-order valence-electron chi connectivity index (χ1n) is 9.34. The van der Waals surface area contributed by atoms with Crippen LogP contribution in [-0.4, -0.2) is 21.1 Å². The Hall–Kier alpha value is -3.37. The van der Waals surface area contributed by atoms with Crippen LogP contribution in [0.5, 0.6) is 0 Å². The van der Waals surface area contributed by atoms with E-state index in [1.807, 2.05) is 0 Å². The molecule has 0 amide bonds. The lowest BCUT2D eigenvalue weighted by molar-refractivity contribution is 0.185. The third kappa shape index (κ3) is 2.88. The van der Waals surface area contributed by atoms with E-state index in [1.54, 1.807) is 7.11 Å². The molecule has 0 saturated carbocycles. The topological polar surface area (TPSA) is 31.5 Å². The predicted molar refractivity (Wildman–Crippen MR) is 113 cm³/mol. The standard InChI is InChI=1S/C24H21N3O/c1-26-11-10-18-6-7-20(13-23(18)26)22-15-27-14-21(8-9-24(27)25-22)19-5-3-4-17(12-19)16-28-2/h3-15H,16H2,1-2H3. The number of ether oxygens (including phenoxy) is 1. The van der Waals surface area contributed by atoms with Gasteiger partial charge in [0.05, 0.1) is 12.3 Å². The zero-order valence-electron chi connectivity index (χ0n) is 16.0. The lowest BCUT2D eigenvalue weighted by Gasteiger charge is -2.05. The lowest BCUT2D eigenvalue weighted by Crippen LogP contribution is -1.89. The van der Waals surface area contributed by atoms with Crippen molar-refractivity contribution in [3.63, 3.8) is 0 Å². The van der Waals surface area contributed by atoms with Crippen LogP contribution < -0.4 is 0 Å². The number of benzene rings is 2. The number of nitrogens with zero attached hydrogens (tertiary/aromatic N) is 3. The second-order valence-electron chi connectivity index (χ2n) is 7.14. The zero-order valence-corrected chi connectivity index (χ0v) is 16.0. The summed E-state index contributed by atoms with van der Waals surface area (Å²) in [5.74, 6) is 0. The summed E-state index contributed by atoms with van der Waals surface area (Å²) in [7, 11) is 3.79. The summed E-state index contributed by atoms with van der Waals surface area (Å²) < 4.78 is 9.50. The van der Waals surface area contributed by atoms with E-state index in [2.05, 4.69) is 95.3 Å². The van der Waals surface area contributed by atoms with E-state index < -0.39 is 0 Å². The van der Waals surface area contributed by atoms with E-state index in [-0.39, 0.29) is 0 Å². The largest absolute Gasteiger partial charge is 0.380 e. The van der Waals surface area contributed by atoms with Crippen molar-refractivity contribution in [2.24, 2.45) is 7.05 Å². The van der Waals surface area contributed by atoms with Crippen LogP contribution in [0.4, 0.5) is 0 Å². The molecule has 0 bridgehead atoms. The minimum atomic E-state index is 0.618. The minimum absolute atomic E-state index is 0.618. The highest BCUT2D eigenvalue weighted by atomic mass is 16.5. The predicted octanol–water partition coefficient (Wildman–Crippen LogP) is 5.31. The van der Waals surface area contributed by atoms with Gasteiger partial charge in [-0.1, -0.05) is 30.3 Å². The first-order valence-corrected chi connectivity index (χ1v) is 9.34. The van der Waals surface area contributed by atoms with E-state index in [0.29, 0.717) is 6.61 Å². The van der Waals surface area contributed by atoms with Crippen LogP contribution in [0.25, 0.3) is 38.9 Å². The van der Waals surface area contributed by atoms with Gasteiger partial charge in [-0.2, -0.15) is 0 Å². The Labute approximate surface area is 163 Å². The number of aryl methyl sites for hydroxylation is 1. The van der Waals surface area contributed by atoms with Gasteiger partial charge < -0.3 is 13.7 Å². The molecule has 0 fully saturated rings. The van der Waals surface area contributed by atoms with Crippen LogP contribution in [0, 0.1) is 0 Å². The third-order valence-corrected chi connectivity index (χ3v) is 5.21. The van der Waals surface area contributed by atoms with Crippen molar-refractivity contribution in [1.29, 1.82) is 0 Å². The van der Waals surface area contributed by atoms with E-state index in [9.17, 15) is 0 Å². The van der Waals surface area contributed by atoms with Gasteiger partial charge in [-0.3, -0.25) is 0 Å². The summed E-state index contributed by atoms with van der Waals surface area (Å²) in [6, 6.07) is 21.3. The number of pyridine rings is 1. The van der Waals surface area contributed by atoms with Crippen LogP contribution in [0.2, 0.25) is 0 Å². The maximum Gasteiger partial charge on any atom is 0.137 e. The van der Waals surface area contributed by atoms with Crippen LogP contribution >= 0.6 is 0 Å². The lowest BCUT2D eigenvalue weighted by atomic mass is 10.1. The van der Waals surface area contributed by atoms with Crippen molar-refractivity contribution in [1.82, 2.24) is 14.0 Å². The minimum Gasteiger partial charge on any atom is -0.380 e. The molecule has 0 saturated heterocycles. The Bertz CT molecular complexity index is 1300. The van der Waals surface area contributed by atoms with Gasteiger partial charge in [0.1, 0.15) is 5.65 Å². The van der Waals surface area contributed by atoms with Crippen molar-refractivity contribution in [3.8, 4) is 22.4 Å². The van der Waals surface area contributed by atoms with Gasteiger partial charge in [-0.25, -0.2) is 4.98 Å². The molecule has 0 aliphatic carbocycles. The van der Waals surface area contributed by atoms with Crippen LogP contribution in [0.1, 0.15) is 5.56 Å². The molecule has 0 radical (unpaired) electrons. The molecule has 3 aromatic heterocycles. The summed E-state index contributed by atoms with van der Waals surface area (Å²) in [6.45, 7) is 0.618. The monoisotopic (exact) mass is 367 g/mol. The highest BCUT2D eigenvalue weighted by molar-refractivity contribution is 5.85. The van der Waals surface area contributed by atoms with E-state index in [4.69, 9.17) is 9.72 Å². The molecule has 0 atom stereocenters. The SMILES string of the molecule is COCc1cccc(-c2ccc3nc(-c4ccc5ccn(C)c5c4)cn3c2)c1. The van der Waals surface area contributed by atoms with Crippen molar-refractivity contribution in [3.05, 3.63) is 84.8 Å².